The number of hydrogen-bond acceptors (Lipinski definition) is 6. The van der Waals surface area contributed by atoms with Crippen molar-refractivity contribution in [3.8, 4) is 17.2 Å². The van der Waals surface area contributed by atoms with Gasteiger partial charge in [-0.3, -0.25) is 0 Å². The van der Waals surface area contributed by atoms with Crippen molar-refractivity contribution >= 4 is 11.0 Å². The monoisotopic (exact) mass is 357 g/mol. The number of aromatic hydroxyl groups is 1. The zero-order valence-corrected chi connectivity index (χ0v) is 14.6. The first kappa shape index (κ1) is 18.0. The number of para-hydroxylation sites is 2. The Hall–Kier alpha value is -2.77. The predicted molar refractivity (Wildman–Crippen MR) is 98.8 cm³/mol. The zero-order chi connectivity index (χ0) is 18.4. The fourth-order valence-corrected chi connectivity index (χ4v) is 2.59. The van der Waals surface area contributed by atoms with E-state index in [9.17, 15) is 10.2 Å². The summed E-state index contributed by atoms with van der Waals surface area (Å²) in [5.74, 6) is 1.23. The molecule has 0 saturated carbocycles. The van der Waals surface area contributed by atoms with Gasteiger partial charge in [-0.15, -0.1) is 0 Å². The molecule has 2 aromatic carbocycles. The quantitative estimate of drug-likeness (QED) is 0.437. The number of aryl methyl sites for hydroxylation is 1. The summed E-state index contributed by atoms with van der Waals surface area (Å²) in [7, 11) is 0. The molecule has 1 aromatic heterocycles. The van der Waals surface area contributed by atoms with Crippen LogP contribution in [0.1, 0.15) is 5.56 Å². The minimum Gasteiger partial charge on any atom is -0.504 e. The summed E-state index contributed by atoms with van der Waals surface area (Å²) in [4.78, 5) is 7.33. The molecular formula is C19H23N3O4. The molecule has 0 bridgehead atoms. The largest absolute Gasteiger partial charge is 0.504 e. The average Bonchev–Trinajstić information content (AvgIpc) is 3.13. The number of phenolic OH excluding ortho intramolecular Hbond substituents is 1. The summed E-state index contributed by atoms with van der Waals surface area (Å²) >= 11 is 0. The van der Waals surface area contributed by atoms with Gasteiger partial charge in [-0.1, -0.05) is 18.2 Å². The van der Waals surface area contributed by atoms with E-state index in [-0.39, 0.29) is 12.4 Å². The van der Waals surface area contributed by atoms with Crippen LogP contribution < -0.4 is 14.8 Å². The molecule has 7 nitrogen and oxygen atoms in total. The van der Waals surface area contributed by atoms with Crippen LogP contribution in [-0.4, -0.2) is 52.6 Å². The SMILES string of the molecule is Cc1ccc(OCC(O)CNCCOc2ccccc2O)c2[nH]cnc12. The second kappa shape index (κ2) is 8.55. The molecule has 3 rings (SSSR count). The molecular weight excluding hydrogens is 334 g/mol. The van der Waals surface area contributed by atoms with Crippen molar-refractivity contribution in [2.45, 2.75) is 13.0 Å². The minimum absolute atomic E-state index is 0.115. The summed E-state index contributed by atoms with van der Waals surface area (Å²) in [5.41, 5.74) is 2.78. The number of aromatic amines is 1. The molecule has 0 saturated heterocycles. The molecule has 26 heavy (non-hydrogen) atoms. The number of imidazole rings is 1. The number of rotatable bonds is 9. The molecule has 4 N–H and O–H groups in total. The molecule has 1 heterocycles. The van der Waals surface area contributed by atoms with Gasteiger partial charge in [-0.05, 0) is 30.7 Å². The second-order valence-electron chi connectivity index (χ2n) is 5.99. The molecule has 0 spiro atoms. The Morgan fingerprint density at radius 2 is 2.00 bits per heavy atom. The van der Waals surface area contributed by atoms with E-state index < -0.39 is 6.10 Å². The normalized spacial score (nSPS) is 12.2. The molecule has 0 aliphatic carbocycles. The molecule has 0 fully saturated rings. The summed E-state index contributed by atoms with van der Waals surface area (Å²) in [6.45, 7) is 3.47. The highest BCUT2D eigenvalue weighted by Gasteiger charge is 2.10. The Bertz CT molecular complexity index is 850. The van der Waals surface area contributed by atoms with Crippen LogP contribution in [-0.2, 0) is 0 Å². The number of aliphatic hydroxyl groups excluding tert-OH is 1. The lowest BCUT2D eigenvalue weighted by atomic mass is 10.2. The van der Waals surface area contributed by atoms with Crippen LogP contribution in [0.4, 0.5) is 0 Å². The fourth-order valence-electron chi connectivity index (χ4n) is 2.59. The number of aliphatic hydroxyl groups is 1. The van der Waals surface area contributed by atoms with Gasteiger partial charge in [0.1, 0.15) is 30.6 Å². The van der Waals surface area contributed by atoms with Crippen molar-refractivity contribution in [1.29, 1.82) is 0 Å². The maximum atomic E-state index is 10.1. The van der Waals surface area contributed by atoms with Crippen LogP contribution in [0.3, 0.4) is 0 Å². The minimum atomic E-state index is -0.653. The van der Waals surface area contributed by atoms with Gasteiger partial charge in [-0.2, -0.15) is 0 Å². The molecule has 1 atom stereocenters. The molecule has 0 amide bonds. The fraction of sp³-hybridized carbons (Fsp3) is 0.316. The van der Waals surface area contributed by atoms with Crippen molar-refractivity contribution in [3.63, 3.8) is 0 Å². The van der Waals surface area contributed by atoms with Gasteiger partial charge in [-0.25, -0.2) is 4.98 Å². The van der Waals surface area contributed by atoms with E-state index >= 15 is 0 Å². The van der Waals surface area contributed by atoms with E-state index in [1.807, 2.05) is 19.1 Å². The Labute approximate surface area is 151 Å². The summed E-state index contributed by atoms with van der Waals surface area (Å²) in [5, 5.41) is 22.8. The van der Waals surface area contributed by atoms with E-state index in [1.54, 1.807) is 30.6 Å². The number of H-pyrrole nitrogens is 1. The maximum absolute atomic E-state index is 10.1. The third-order valence-corrected chi connectivity index (χ3v) is 3.96. The highest BCUT2D eigenvalue weighted by molar-refractivity contribution is 5.84. The highest BCUT2D eigenvalue weighted by atomic mass is 16.5. The van der Waals surface area contributed by atoms with Crippen molar-refractivity contribution < 1.29 is 19.7 Å². The van der Waals surface area contributed by atoms with E-state index in [0.717, 1.165) is 16.6 Å². The lowest BCUT2D eigenvalue weighted by molar-refractivity contribution is 0.106. The second-order valence-corrected chi connectivity index (χ2v) is 5.99. The number of fused-ring (bicyclic) bond motifs is 1. The van der Waals surface area contributed by atoms with Crippen molar-refractivity contribution in [1.82, 2.24) is 15.3 Å². The number of hydrogen-bond donors (Lipinski definition) is 4. The number of aromatic nitrogens is 2. The van der Waals surface area contributed by atoms with Gasteiger partial charge in [0, 0.05) is 13.1 Å². The van der Waals surface area contributed by atoms with Crippen molar-refractivity contribution in [2.75, 3.05) is 26.3 Å². The van der Waals surface area contributed by atoms with E-state index in [1.165, 1.54) is 0 Å². The Kier molecular flexibility index (Phi) is 5.93. The molecule has 1 unspecified atom stereocenters. The first-order valence-electron chi connectivity index (χ1n) is 8.50. The van der Waals surface area contributed by atoms with Crippen molar-refractivity contribution in [3.05, 3.63) is 48.3 Å². The molecule has 7 heteroatoms. The van der Waals surface area contributed by atoms with Gasteiger partial charge in [0.05, 0.1) is 11.8 Å². The van der Waals surface area contributed by atoms with Gasteiger partial charge in [0.2, 0.25) is 0 Å². The number of nitrogens with zero attached hydrogens (tertiary/aromatic N) is 1. The highest BCUT2D eigenvalue weighted by Crippen LogP contribution is 2.25. The maximum Gasteiger partial charge on any atom is 0.160 e. The smallest absolute Gasteiger partial charge is 0.160 e. The Balaban J connectivity index is 1.38. The number of phenols is 1. The molecule has 0 radical (unpaired) electrons. The number of benzene rings is 2. The average molecular weight is 357 g/mol. The molecule has 3 aromatic rings. The Morgan fingerprint density at radius 3 is 2.85 bits per heavy atom. The lowest BCUT2D eigenvalue weighted by Gasteiger charge is -2.14. The van der Waals surface area contributed by atoms with Crippen LogP contribution in [0.15, 0.2) is 42.7 Å². The third-order valence-electron chi connectivity index (χ3n) is 3.96. The molecule has 138 valence electrons. The number of ether oxygens (including phenoxy) is 2. The first-order valence-corrected chi connectivity index (χ1v) is 8.50. The van der Waals surface area contributed by atoms with E-state index in [4.69, 9.17) is 9.47 Å². The summed E-state index contributed by atoms with van der Waals surface area (Å²) in [6, 6.07) is 10.6. The van der Waals surface area contributed by atoms with Crippen LogP contribution >= 0.6 is 0 Å². The van der Waals surface area contributed by atoms with Crippen LogP contribution in [0.5, 0.6) is 17.2 Å². The van der Waals surface area contributed by atoms with Crippen LogP contribution in [0.25, 0.3) is 11.0 Å². The summed E-state index contributed by atoms with van der Waals surface area (Å²) < 4.78 is 11.2. The van der Waals surface area contributed by atoms with Crippen LogP contribution in [0, 0.1) is 6.92 Å². The van der Waals surface area contributed by atoms with Crippen molar-refractivity contribution in [2.24, 2.45) is 0 Å². The predicted octanol–water partition coefficient (Wildman–Crippen LogP) is 1.99. The molecule has 0 aliphatic heterocycles. The Morgan fingerprint density at radius 1 is 1.15 bits per heavy atom. The third kappa shape index (κ3) is 4.44. The summed E-state index contributed by atoms with van der Waals surface area (Å²) in [6.07, 6.45) is 0.979. The van der Waals surface area contributed by atoms with E-state index in [0.29, 0.717) is 31.2 Å². The number of nitrogens with one attached hydrogen (secondary N) is 2. The first-order chi connectivity index (χ1) is 12.6. The van der Waals surface area contributed by atoms with Gasteiger partial charge in [0.25, 0.3) is 0 Å². The zero-order valence-electron chi connectivity index (χ0n) is 14.6. The molecule has 0 aliphatic rings. The van der Waals surface area contributed by atoms with Gasteiger partial charge in [0.15, 0.2) is 11.5 Å². The van der Waals surface area contributed by atoms with Crippen LogP contribution in [0.2, 0.25) is 0 Å². The van der Waals surface area contributed by atoms with Gasteiger partial charge >= 0.3 is 0 Å². The standard InChI is InChI=1S/C19H23N3O4/c1-13-6-7-17(19-18(13)21-12-22-19)26-11-14(23)10-20-8-9-25-16-5-3-2-4-15(16)24/h2-7,12,14,20,23-24H,8-11H2,1H3,(H,21,22). The topological polar surface area (TPSA) is 99.6 Å². The van der Waals surface area contributed by atoms with Gasteiger partial charge < -0.3 is 30.0 Å². The van der Waals surface area contributed by atoms with E-state index in [2.05, 4.69) is 15.3 Å². The lowest BCUT2D eigenvalue weighted by Crippen LogP contribution is -2.33.